The van der Waals surface area contributed by atoms with Crippen LogP contribution in [0.25, 0.3) is 0 Å². The van der Waals surface area contributed by atoms with Gasteiger partial charge in [-0.2, -0.15) is 0 Å². The van der Waals surface area contributed by atoms with E-state index >= 15 is 0 Å². The molecule has 1 aliphatic carbocycles. The summed E-state index contributed by atoms with van der Waals surface area (Å²) in [6, 6.07) is 4.10. The van der Waals surface area contributed by atoms with Crippen LogP contribution in [0.15, 0.2) is 18.2 Å². The first-order valence-corrected chi connectivity index (χ1v) is 6.36. The van der Waals surface area contributed by atoms with Gasteiger partial charge in [0.1, 0.15) is 6.29 Å². The Labute approximate surface area is 110 Å². The summed E-state index contributed by atoms with van der Waals surface area (Å²) in [5, 5.41) is 2.85. The molecule has 0 atom stereocenters. The normalized spacial score (nSPS) is 15.2. The fourth-order valence-electron chi connectivity index (χ4n) is 2.19. The maximum atomic E-state index is 13.5. The standard InChI is InChI=1S/C14H16FNO3/c15-12-7-10(8-17)5-6-13(12)19-9-14(18)16-11-3-1-2-4-11/h5-8,11H,1-4,9H2,(H,16,18). The van der Waals surface area contributed by atoms with Crippen LogP contribution in [-0.2, 0) is 4.79 Å². The second-order valence-electron chi connectivity index (χ2n) is 4.65. The molecule has 0 heterocycles. The third kappa shape index (κ3) is 3.77. The molecule has 1 fully saturated rings. The molecule has 1 aliphatic rings. The SMILES string of the molecule is O=Cc1ccc(OCC(=O)NC2CCCC2)c(F)c1. The highest BCUT2D eigenvalue weighted by atomic mass is 19.1. The van der Waals surface area contributed by atoms with E-state index in [2.05, 4.69) is 5.32 Å². The lowest BCUT2D eigenvalue weighted by Crippen LogP contribution is -2.36. The number of amides is 1. The molecule has 0 aromatic heterocycles. The van der Waals surface area contributed by atoms with E-state index in [1.165, 1.54) is 12.1 Å². The first-order chi connectivity index (χ1) is 9.19. The summed E-state index contributed by atoms with van der Waals surface area (Å²) in [7, 11) is 0. The quantitative estimate of drug-likeness (QED) is 0.829. The van der Waals surface area contributed by atoms with Crippen LogP contribution in [0.4, 0.5) is 4.39 Å². The predicted octanol–water partition coefficient (Wildman–Crippen LogP) is 2.08. The number of benzene rings is 1. The number of halogens is 1. The summed E-state index contributed by atoms with van der Waals surface area (Å²) in [4.78, 5) is 22.0. The molecular formula is C14H16FNO3. The Morgan fingerprint density at radius 1 is 1.42 bits per heavy atom. The van der Waals surface area contributed by atoms with Crippen molar-refractivity contribution >= 4 is 12.2 Å². The minimum Gasteiger partial charge on any atom is -0.481 e. The number of hydrogen-bond donors (Lipinski definition) is 1. The van der Waals surface area contributed by atoms with E-state index in [-0.39, 0.29) is 29.9 Å². The van der Waals surface area contributed by atoms with Crippen LogP contribution in [0.2, 0.25) is 0 Å². The number of carbonyl (C=O) groups is 2. The van der Waals surface area contributed by atoms with Crippen LogP contribution in [0.3, 0.4) is 0 Å². The molecule has 0 saturated heterocycles. The van der Waals surface area contributed by atoms with Gasteiger partial charge in [0.15, 0.2) is 18.2 Å². The molecule has 1 amide bonds. The Bertz CT molecular complexity index is 470. The van der Waals surface area contributed by atoms with E-state index in [9.17, 15) is 14.0 Å². The highest BCUT2D eigenvalue weighted by Gasteiger charge is 2.17. The third-order valence-electron chi connectivity index (χ3n) is 3.17. The van der Waals surface area contributed by atoms with Crippen molar-refractivity contribution in [2.24, 2.45) is 0 Å². The molecule has 1 aromatic rings. The molecule has 0 unspecified atom stereocenters. The lowest BCUT2D eigenvalue weighted by molar-refractivity contribution is -0.123. The molecule has 1 N–H and O–H groups in total. The van der Waals surface area contributed by atoms with Crippen LogP contribution in [-0.4, -0.2) is 24.8 Å². The van der Waals surface area contributed by atoms with E-state index in [0.717, 1.165) is 31.7 Å². The smallest absolute Gasteiger partial charge is 0.258 e. The van der Waals surface area contributed by atoms with Crippen LogP contribution in [0.5, 0.6) is 5.75 Å². The van der Waals surface area contributed by atoms with Crippen molar-refractivity contribution in [1.82, 2.24) is 5.32 Å². The molecule has 0 radical (unpaired) electrons. The zero-order valence-corrected chi connectivity index (χ0v) is 10.5. The van der Waals surface area contributed by atoms with Gasteiger partial charge in [-0.15, -0.1) is 0 Å². The first kappa shape index (κ1) is 13.5. The lowest BCUT2D eigenvalue weighted by atomic mass is 10.2. The van der Waals surface area contributed by atoms with Crippen LogP contribution >= 0.6 is 0 Å². The van der Waals surface area contributed by atoms with Crippen LogP contribution in [0, 0.1) is 5.82 Å². The van der Waals surface area contributed by atoms with Crippen molar-refractivity contribution in [2.45, 2.75) is 31.7 Å². The summed E-state index contributed by atoms with van der Waals surface area (Å²) < 4.78 is 18.6. The highest BCUT2D eigenvalue weighted by molar-refractivity contribution is 5.78. The van der Waals surface area contributed by atoms with Gasteiger partial charge in [-0.3, -0.25) is 9.59 Å². The number of nitrogens with one attached hydrogen (secondary N) is 1. The fraction of sp³-hybridized carbons (Fsp3) is 0.429. The van der Waals surface area contributed by atoms with E-state index in [4.69, 9.17) is 4.74 Å². The topological polar surface area (TPSA) is 55.4 Å². The maximum Gasteiger partial charge on any atom is 0.258 e. The number of rotatable bonds is 5. The zero-order valence-electron chi connectivity index (χ0n) is 10.5. The van der Waals surface area contributed by atoms with Gasteiger partial charge in [-0.05, 0) is 31.0 Å². The summed E-state index contributed by atoms with van der Waals surface area (Å²) in [6.07, 6.45) is 4.81. The average Bonchev–Trinajstić information content (AvgIpc) is 2.90. The van der Waals surface area contributed by atoms with Gasteiger partial charge in [0.05, 0.1) is 0 Å². The molecule has 102 valence electrons. The maximum absolute atomic E-state index is 13.5. The van der Waals surface area contributed by atoms with Gasteiger partial charge < -0.3 is 10.1 Å². The first-order valence-electron chi connectivity index (χ1n) is 6.36. The monoisotopic (exact) mass is 265 g/mol. The second-order valence-corrected chi connectivity index (χ2v) is 4.65. The number of aldehydes is 1. The van der Waals surface area contributed by atoms with Gasteiger partial charge in [-0.25, -0.2) is 4.39 Å². The van der Waals surface area contributed by atoms with E-state index in [0.29, 0.717) is 6.29 Å². The van der Waals surface area contributed by atoms with Gasteiger partial charge in [0.25, 0.3) is 5.91 Å². The Morgan fingerprint density at radius 3 is 2.79 bits per heavy atom. The van der Waals surface area contributed by atoms with Crippen LogP contribution in [0.1, 0.15) is 36.0 Å². The van der Waals surface area contributed by atoms with Crippen molar-refractivity contribution in [3.63, 3.8) is 0 Å². The van der Waals surface area contributed by atoms with Crippen molar-refractivity contribution in [1.29, 1.82) is 0 Å². The van der Waals surface area contributed by atoms with E-state index < -0.39 is 5.82 Å². The second kappa shape index (κ2) is 6.31. The van der Waals surface area contributed by atoms with Crippen molar-refractivity contribution in [3.8, 4) is 5.75 Å². The van der Waals surface area contributed by atoms with Gasteiger partial charge in [0, 0.05) is 11.6 Å². The zero-order chi connectivity index (χ0) is 13.7. The molecule has 2 rings (SSSR count). The molecule has 1 saturated carbocycles. The number of ether oxygens (including phenoxy) is 1. The molecule has 0 aliphatic heterocycles. The molecular weight excluding hydrogens is 249 g/mol. The average molecular weight is 265 g/mol. The third-order valence-corrected chi connectivity index (χ3v) is 3.17. The molecule has 5 heteroatoms. The molecule has 4 nitrogen and oxygen atoms in total. The van der Waals surface area contributed by atoms with Crippen molar-refractivity contribution in [2.75, 3.05) is 6.61 Å². The Balaban J connectivity index is 1.84. The van der Waals surface area contributed by atoms with Crippen molar-refractivity contribution in [3.05, 3.63) is 29.6 Å². The van der Waals surface area contributed by atoms with E-state index in [1.807, 2.05) is 0 Å². The Morgan fingerprint density at radius 2 is 2.16 bits per heavy atom. The molecule has 1 aromatic carbocycles. The molecule has 0 bridgehead atoms. The van der Waals surface area contributed by atoms with Gasteiger partial charge in [-0.1, -0.05) is 12.8 Å². The molecule has 19 heavy (non-hydrogen) atoms. The Kier molecular flexibility index (Phi) is 4.49. The fourth-order valence-corrected chi connectivity index (χ4v) is 2.19. The largest absolute Gasteiger partial charge is 0.481 e. The van der Waals surface area contributed by atoms with E-state index in [1.54, 1.807) is 0 Å². The number of carbonyl (C=O) groups excluding carboxylic acids is 2. The molecule has 0 spiro atoms. The van der Waals surface area contributed by atoms with Gasteiger partial charge in [0.2, 0.25) is 0 Å². The highest BCUT2D eigenvalue weighted by Crippen LogP contribution is 2.19. The summed E-state index contributed by atoms with van der Waals surface area (Å²) >= 11 is 0. The summed E-state index contributed by atoms with van der Waals surface area (Å²) in [6.45, 7) is -0.214. The minimum atomic E-state index is -0.640. The van der Waals surface area contributed by atoms with Gasteiger partial charge >= 0.3 is 0 Å². The van der Waals surface area contributed by atoms with Crippen LogP contribution < -0.4 is 10.1 Å². The Hall–Kier alpha value is -1.91. The number of hydrogen-bond acceptors (Lipinski definition) is 3. The van der Waals surface area contributed by atoms with Crippen molar-refractivity contribution < 1.29 is 18.7 Å². The lowest BCUT2D eigenvalue weighted by Gasteiger charge is -2.12. The minimum absolute atomic E-state index is 0.0211. The predicted molar refractivity (Wildman–Crippen MR) is 67.7 cm³/mol. The summed E-state index contributed by atoms with van der Waals surface area (Å²) in [5.74, 6) is -0.906. The summed E-state index contributed by atoms with van der Waals surface area (Å²) in [5.41, 5.74) is 0.236.